The second-order valence-corrected chi connectivity index (χ2v) is 7.86. The predicted octanol–water partition coefficient (Wildman–Crippen LogP) is 3.09. The molecule has 6 N–H and O–H groups in total. The van der Waals surface area contributed by atoms with Gasteiger partial charge in [-0.2, -0.15) is 5.10 Å². The smallest absolute Gasteiger partial charge is 0.248 e. The molecule has 0 unspecified atom stereocenters. The lowest BCUT2D eigenvalue weighted by Gasteiger charge is -2.26. The number of benzene rings is 2. The van der Waals surface area contributed by atoms with Gasteiger partial charge in [0.05, 0.1) is 11.2 Å². The van der Waals surface area contributed by atoms with Crippen LogP contribution in [0.15, 0.2) is 54.6 Å². The van der Waals surface area contributed by atoms with Crippen molar-refractivity contribution in [1.29, 1.82) is 0 Å². The number of aromatic amines is 1. The van der Waals surface area contributed by atoms with Crippen LogP contribution in [0.4, 0.5) is 11.6 Å². The summed E-state index contributed by atoms with van der Waals surface area (Å²) >= 11 is 0. The predicted molar refractivity (Wildman–Crippen MR) is 118 cm³/mol. The molecule has 0 bridgehead atoms. The van der Waals surface area contributed by atoms with E-state index < -0.39 is 5.91 Å². The molecule has 4 rings (SSSR count). The number of anilines is 2. The number of hydrogen-bond donors (Lipinski definition) is 4. The lowest BCUT2D eigenvalue weighted by atomic mass is 9.83. The highest BCUT2D eigenvalue weighted by Crippen LogP contribution is 2.26. The topological polar surface area (TPSA) is 136 Å². The summed E-state index contributed by atoms with van der Waals surface area (Å²) < 4.78 is 0. The molecule has 0 spiro atoms. The number of H-pyrrole nitrogens is 1. The van der Waals surface area contributed by atoms with E-state index >= 15 is 0 Å². The van der Waals surface area contributed by atoms with Crippen molar-refractivity contribution in [1.82, 2.24) is 20.4 Å². The molecule has 1 amide bonds. The number of carbonyl (C=O) groups is 1. The normalized spacial score (nSPS) is 11.5. The van der Waals surface area contributed by atoms with Crippen LogP contribution in [0.5, 0.6) is 0 Å². The molecule has 2 aromatic heterocycles. The van der Waals surface area contributed by atoms with Gasteiger partial charge in [0, 0.05) is 28.5 Å². The molecule has 152 valence electrons. The Labute approximate surface area is 173 Å². The maximum atomic E-state index is 11.5. The SMILES string of the molecule is CC(C)(CNc1ccc(-c2ccc3[nH]nc(N)c3c2)nn1)c1cccc(C(N)=O)c1. The molecule has 4 aromatic rings. The van der Waals surface area contributed by atoms with Gasteiger partial charge >= 0.3 is 0 Å². The Balaban J connectivity index is 1.48. The molecule has 0 saturated carbocycles. The molecule has 0 aliphatic rings. The first-order chi connectivity index (χ1) is 14.3. The molecule has 0 aliphatic heterocycles. The Kier molecular flexibility index (Phi) is 4.83. The lowest BCUT2D eigenvalue weighted by molar-refractivity contribution is 0.1000. The van der Waals surface area contributed by atoms with E-state index in [2.05, 4.69) is 39.6 Å². The van der Waals surface area contributed by atoms with E-state index in [1.807, 2.05) is 48.5 Å². The molecule has 8 heteroatoms. The Morgan fingerprint density at radius 1 is 1.10 bits per heavy atom. The Morgan fingerprint density at radius 3 is 2.67 bits per heavy atom. The monoisotopic (exact) mass is 401 g/mol. The van der Waals surface area contributed by atoms with Crippen LogP contribution in [0.1, 0.15) is 29.8 Å². The number of nitrogens with one attached hydrogen (secondary N) is 2. The van der Waals surface area contributed by atoms with Gasteiger partial charge in [-0.15, -0.1) is 10.2 Å². The summed E-state index contributed by atoms with van der Waals surface area (Å²) in [5, 5.41) is 19.7. The first kappa shape index (κ1) is 19.4. The number of hydrogen-bond acceptors (Lipinski definition) is 6. The van der Waals surface area contributed by atoms with Crippen LogP contribution < -0.4 is 16.8 Å². The third kappa shape index (κ3) is 3.80. The van der Waals surface area contributed by atoms with Crippen molar-refractivity contribution in [2.75, 3.05) is 17.6 Å². The minimum Gasteiger partial charge on any atom is -0.382 e. The second kappa shape index (κ2) is 7.47. The molecule has 2 heterocycles. The van der Waals surface area contributed by atoms with E-state index in [1.54, 1.807) is 6.07 Å². The highest BCUT2D eigenvalue weighted by Gasteiger charge is 2.21. The zero-order valence-electron chi connectivity index (χ0n) is 16.8. The highest BCUT2D eigenvalue weighted by molar-refractivity contribution is 5.93. The van der Waals surface area contributed by atoms with Gasteiger partial charge in [0.15, 0.2) is 5.82 Å². The van der Waals surface area contributed by atoms with E-state index in [0.29, 0.717) is 23.7 Å². The fraction of sp³-hybridized carbons (Fsp3) is 0.182. The zero-order valence-corrected chi connectivity index (χ0v) is 16.8. The third-order valence-corrected chi connectivity index (χ3v) is 5.19. The second-order valence-electron chi connectivity index (χ2n) is 7.86. The minimum atomic E-state index is -0.433. The van der Waals surface area contributed by atoms with Crippen molar-refractivity contribution in [3.8, 4) is 11.3 Å². The maximum Gasteiger partial charge on any atom is 0.248 e. The van der Waals surface area contributed by atoms with Crippen LogP contribution in [-0.2, 0) is 5.41 Å². The number of nitrogens with zero attached hydrogens (tertiary/aromatic N) is 3. The summed E-state index contributed by atoms with van der Waals surface area (Å²) in [6, 6.07) is 17.0. The first-order valence-corrected chi connectivity index (χ1v) is 9.55. The van der Waals surface area contributed by atoms with E-state index in [4.69, 9.17) is 11.5 Å². The molecule has 2 aromatic carbocycles. The van der Waals surface area contributed by atoms with Crippen LogP contribution in [0.3, 0.4) is 0 Å². The highest BCUT2D eigenvalue weighted by atomic mass is 16.1. The number of aromatic nitrogens is 4. The van der Waals surface area contributed by atoms with Crippen molar-refractivity contribution < 1.29 is 4.79 Å². The molecule has 0 atom stereocenters. The van der Waals surface area contributed by atoms with Gasteiger partial charge in [-0.3, -0.25) is 9.89 Å². The molecule has 8 nitrogen and oxygen atoms in total. The Morgan fingerprint density at radius 2 is 1.93 bits per heavy atom. The van der Waals surface area contributed by atoms with E-state index in [-0.39, 0.29) is 5.41 Å². The number of carbonyl (C=O) groups excluding carboxylic acids is 1. The van der Waals surface area contributed by atoms with E-state index in [1.165, 1.54) is 0 Å². The van der Waals surface area contributed by atoms with Gasteiger partial charge in [-0.1, -0.05) is 32.0 Å². The number of nitrogen functional groups attached to an aromatic ring is 1. The molecule has 0 saturated heterocycles. The fourth-order valence-electron chi connectivity index (χ4n) is 3.28. The lowest BCUT2D eigenvalue weighted by Crippen LogP contribution is -2.28. The quantitative estimate of drug-likeness (QED) is 0.392. The van der Waals surface area contributed by atoms with E-state index in [0.717, 1.165) is 27.7 Å². The third-order valence-electron chi connectivity index (χ3n) is 5.19. The van der Waals surface area contributed by atoms with Crippen molar-refractivity contribution in [2.45, 2.75) is 19.3 Å². The average molecular weight is 401 g/mol. The first-order valence-electron chi connectivity index (χ1n) is 9.55. The van der Waals surface area contributed by atoms with Crippen LogP contribution >= 0.6 is 0 Å². The summed E-state index contributed by atoms with van der Waals surface area (Å²) in [5.74, 6) is 0.694. The molecule has 0 fully saturated rings. The van der Waals surface area contributed by atoms with Gasteiger partial charge in [-0.25, -0.2) is 0 Å². The van der Waals surface area contributed by atoms with Gasteiger partial charge < -0.3 is 16.8 Å². The molecular weight excluding hydrogens is 378 g/mol. The van der Waals surface area contributed by atoms with Crippen molar-refractivity contribution in [3.63, 3.8) is 0 Å². The number of rotatable bonds is 6. The van der Waals surface area contributed by atoms with E-state index in [9.17, 15) is 4.79 Å². The van der Waals surface area contributed by atoms with Crippen molar-refractivity contribution in [2.24, 2.45) is 5.73 Å². The molecule has 30 heavy (non-hydrogen) atoms. The number of nitrogens with two attached hydrogens (primary N) is 2. The van der Waals surface area contributed by atoms with Crippen molar-refractivity contribution in [3.05, 3.63) is 65.7 Å². The molecule has 0 radical (unpaired) electrons. The minimum absolute atomic E-state index is 0.240. The van der Waals surface area contributed by atoms with Crippen LogP contribution in [0, 0.1) is 0 Å². The zero-order chi connectivity index (χ0) is 21.3. The number of primary amides is 1. The number of amides is 1. The number of fused-ring (bicyclic) bond motifs is 1. The summed E-state index contributed by atoms with van der Waals surface area (Å²) in [7, 11) is 0. The fourth-order valence-corrected chi connectivity index (χ4v) is 3.28. The summed E-state index contributed by atoms with van der Waals surface area (Å²) in [4.78, 5) is 11.5. The largest absolute Gasteiger partial charge is 0.382 e. The van der Waals surface area contributed by atoms with Gasteiger partial charge in [0.1, 0.15) is 5.82 Å². The molecule has 0 aliphatic carbocycles. The van der Waals surface area contributed by atoms with Crippen molar-refractivity contribution >= 4 is 28.4 Å². The van der Waals surface area contributed by atoms with Gasteiger partial charge in [0.2, 0.25) is 5.91 Å². The van der Waals surface area contributed by atoms with Gasteiger partial charge in [-0.05, 0) is 42.0 Å². The van der Waals surface area contributed by atoms with Crippen LogP contribution in [-0.4, -0.2) is 32.8 Å². The summed E-state index contributed by atoms with van der Waals surface area (Å²) in [5.41, 5.74) is 15.1. The Bertz CT molecular complexity index is 1210. The van der Waals surface area contributed by atoms with Crippen LogP contribution in [0.25, 0.3) is 22.2 Å². The standard InChI is InChI=1S/C22H23N7O/c1-22(2,15-5-3-4-14(10-15)21(24)30)12-25-19-9-8-17(26-28-19)13-6-7-18-16(11-13)20(23)29-27-18/h3-11H,12H2,1-2H3,(H2,24,30)(H,25,28)(H3,23,27,29). The maximum absolute atomic E-state index is 11.5. The molecular formula is C22H23N7O. The summed E-state index contributed by atoms with van der Waals surface area (Å²) in [6.07, 6.45) is 0. The van der Waals surface area contributed by atoms with Crippen LogP contribution in [0.2, 0.25) is 0 Å². The Hall–Kier alpha value is -3.94. The average Bonchev–Trinajstić information content (AvgIpc) is 3.13. The summed E-state index contributed by atoms with van der Waals surface area (Å²) in [6.45, 7) is 4.79. The van der Waals surface area contributed by atoms with Gasteiger partial charge in [0.25, 0.3) is 0 Å².